The first kappa shape index (κ1) is 21.7. The van der Waals surface area contributed by atoms with Gasteiger partial charge in [-0.25, -0.2) is 4.79 Å². The summed E-state index contributed by atoms with van der Waals surface area (Å²) in [4.78, 5) is 37.9. The van der Waals surface area contributed by atoms with Gasteiger partial charge in [0.15, 0.2) is 5.82 Å². The van der Waals surface area contributed by atoms with Gasteiger partial charge in [-0.15, -0.1) is 0 Å². The quantitative estimate of drug-likeness (QED) is 0.533. The molecule has 1 saturated heterocycles. The predicted molar refractivity (Wildman–Crippen MR) is 124 cm³/mol. The van der Waals surface area contributed by atoms with Gasteiger partial charge in [-0.3, -0.25) is 20.0 Å². The zero-order chi connectivity index (χ0) is 23.7. The number of anilines is 1. The van der Waals surface area contributed by atoms with Crippen LogP contribution >= 0.6 is 0 Å². The highest BCUT2D eigenvalue weighted by atomic mass is 16.5. The molecule has 34 heavy (non-hydrogen) atoms. The molecule has 1 aliphatic carbocycles. The summed E-state index contributed by atoms with van der Waals surface area (Å²) in [5, 5.41) is 18.4. The molecule has 3 aromatic rings. The van der Waals surface area contributed by atoms with Crippen LogP contribution in [-0.4, -0.2) is 57.9 Å². The Balaban J connectivity index is 1.20. The molecule has 1 atom stereocenters. The number of carbonyl (C=O) groups is 3. The van der Waals surface area contributed by atoms with Gasteiger partial charge in [-0.2, -0.15) is 5.10 Å². The highest BCUT2D eigenvalue weighted by Crippen LogP contribution is 2.44. The maximum Gasteiger partial charge on any atom is 0.412 e. The number of carboxylic acid groups (broad SMARTS) is 1. The number of aromatic amines is 1. The molecule has 2 aromatic carbocycles. The molecule has 0 spiro atoms. The minimum Gasteiger partial charge on any atom is -0.481 e. The maximum absolute atomic E-state index is 12.7. The molecule has 2 aliphatic rings. The topological polar surface area (TPSA) is 125 Å². The van der Waals surface area contributed by atoms with Crippen LogP contribution in [0, 0.1) is 5.92 Å². The second-order valence-electron chi connectivity index (χ2n) is 8.55. The highest BCUT2D eigenvalue weighted by molar-refractivity contribution is 5.94. The summed E-state index contributed by atoms with van der Waals surface area (Å²) in [6.45, 7) is 0.805. The summed E-state index contributed by atoms with van der Waals surface area (Å²) in [7, 11) is 0. The van der Waals surface area contributed by atoms with Crippen molar-refractivity contribution in [3.05, 3.63) is 71.4 Å². The third kappa shape index (κ3) is 4.12. The van der Waals surface area contributed by atoms with Gasteiger partial charge in [0, 0.05) is 25.1 Å². The van der Waals surface area contributed by atoms with Crippen molar-refractivity contribution in [1.82, 2.24) is 15.1 Å². The highest BCUT2D eigenvalue weighted by Gasteiger charge is 2.30. The number of nitrogens with one attached hydrogen (secondary N) is 2. The number of nitrogens with zero attached hydrogens (tertiary/aromatic N) is 2. The smallest absolute Gasteiger partial charge is 0.412 e. The number of benzene rings is 2. The summed E-state index contributed by atoms with van der Waals surface area (Å²) < 4.78 is 5.51. The largest absolute Gasteiger partial charge is 0.481 e. The molecule has 2 amide bonds. The van der Waals surface area contributed by atoms with Gasteiger partial charge in [-0.1, -0.05) is 48.5 Å². The summed E-state index contributed by atoms with van der Waals surface area (Å²) in [6, 6.07) is 17.6. The molecule has 9 heteroatoms. The van der Waals surface area contributed by atoms with Crippen LogP contribution in [0.5, 0.6) is 0 Å². The van der Waals surface area contributed by atoms with E-state index in [-0.39, 0.29) is 36.5 Å². The fraction of sp³-hybridized carbons (Fsp3) is 0.280. The van der Waals surface area contributed by atoms with E-state index in [2.05, 4.69) is 27.6 Å². The predicted octanol–water partition coefficient (Wildman–Crippen LogP) is 3.71. The molecule has 1 aliphatic heterocycles. The number of carboxylic acids is 1. The normalized spacial score (nSPS) is 17.1. The number of piperidine rings is 1. The summed E-state index contributed by atoms with van der Waals surface area (Å²) in [6.07, 6.45) is 0.509. The van der Waals surface area contributed by atoms with E-state index in [1.54, 1.807) is 0 Å². The average molecular weight is 460 g/mol. The third-order valence-electron chi connectivity index (χ3n) is 6.44. The lowest BCUT2D eigenvalue weighted by Gasteiger charge is -2.30. The lowest BCUT2D eigenvalue weighted by atomic mass is 9.98. The van der Waals surface area contributed by atoms with Crippen LogP contribution in [0.15, 0.2) is 54.6 Å². The molecule has 174 valence electrons. The van der Waals surface area contributed by atoms with Gasteiger partial charge in [0.2, 0.25) is 0 Å². The second kappa shape index (κ2) is 9.01. The van der Waals surface area contributed by atoms with Gasteiger partial charge in [0.25, 0.3) is 5.91 Å². The minimum atomic E-state index is -0.903. The van der Waals surface area contributed by atoms with Crippen molar-refractivity contribution >= 4 is 23.8 Å². The zero-order valence-electron chi connectivity index (χ0n) is 18.4. The Morgan fingerprint density at radius 3 is 2.44 bits per heavy atom. The van der Waals surface area contributed by atoms with E-state index in [0.29, 0.717) is 19.4 Å². The molecule has 5 rings (SSSR count). The van der Waals surface area contributed by atoms with Gasteiger partial charge >= 0.3 is 12.1 Å². The third-order valence-corrected chi connectivity index (χ3v) is 6.44. The van der Waals surface area contributed by atoms with Crippen molar-refractivity contribution in [3.8, 4) is 11.1 Å². The Labute approximate surface area is 195 Å². The average Bonchev–Trinajstić information content (AvgIpc) is 3.45. The van der Waals surface area contributed by atoms with Gasteiger partial charge in [0.1, 0.15) is 12.3 Å². The molecule has 0 saturated carbocycles. The standard InChI is InChI=1S/C25H24N4O5/c30-23(29-11-5-6-15(13-29)24(31)32)21-12-22(28-27-21)26-25(33)34-14-20-18-9-3-1-7-16(18)17-8-2-4-10-19(17)20/h1-4,7-10,12,15,20H,5-6,11,13-14H2,(H,31,32)(H2,26,27,28,33). The van der Waals surface area contributed by atoms with Crippen LogP contribution in [0.1, 0.15) is 40.4 Å². The second-order valence-corrected chi connectivity index (χ2v) is 8.55. The van der Waals surface area contributed by atoms with E-state index >= 15 is 0 Å². The van der Waals surface area contributed by atoms with Crippen molar-refractivity contribution in [2.75, 3.05) is 25.0 Å². The SMILES string of the molecule is O=C(Nc1cc(C(=O)N2CCCC(C(=O)O)C2)[nH]n1)OCC1c2ccccc2-c2ccccc21. The van der Waals surface area contributed by atoms with E-state index in [4.69, 9.17) is 4.74 Å². The molecular formula is C25H24N4O5. The Morgan fingerprint density at radius 2 is 1.76 bits per heavy atom. The van der Waals surface area contributed by atoms with Crippen molar-refractivity contribution in [3.63, 3.8) is 0 Å². The van der Waals surface area contributed by atoms with Crippen molar-refractivity contribution in [2.24, 2.45) is 5.92 Å². The van der Waals surface area contributed by atoms with Crippen LogP contribution in [-0.2, 0) is 9.53 Å². The van der Waals surface area contributed by atoms with Crippen molar-refractivity contribution in [2.45, 2.75) is 18.8 Å². The fourth-order valence-corrected chi connectivity index (χ4v) is 4.77. The number of ether oxygens (including phenoxy) is 1. The molecule has 1 fully saturated rings. The van der Waals surface area contributed by atoms with Crippen molar-refractivity contribution < 1.29 is 24.2 Å². The van der Waals surface area contributed by atoms with E-state index < -0.39 is 18.0 Å². The van der Waals surface area contributed by atoms with Crippen LogP contribution in [0.25, 0.3) is 11.1 Å². The van der Waals surface area contributed by atoms with Crippen LogP contribution in [0.4, 0.5) is 10.6 Å². The van der Waals surface area contributed by atoms with Crippen LogP contribution in [0.3, 0.4) is 0 Å². The molecule has 0 radical (unpaired) electrons. The first-order chi connectivity index (χ1) is 16.5. The molecule has 1 unspecified atom stereocenters. The molecule has 0 bridgehead atoms. The van der Waals surface area contributed by atoms with Crippen molar-refractivity contribution in [1.29, 1.82) is 0 Å². The number of likely N-dealkylation sites (tertiary alicyclic amines) is 1. The first-order valence-corrected chi connectivity index (χ1v) is 11.2. The summed E-state index contributed by atoms with van der Waals surface area (Å²) >= 11 is 0. The molecule has 3 N–H and O–H groups in total. The first-order valence-electron chi connectivity index (χ1n) is 11.2. The Morgan fingerprint density at radius 1 is 1.09 bits per heavy atom. The number of rotatable bonds is 5. The number of fused-ring (bicyclic) bond motifs is 3. The maximum atomic E-state index is 12.7. The zero-order valence-corrected chi connectivity index (χ0v) is 18.4. The van der Waals surface area contributed by atoms with Gasteiger partial charge in [-0.05, 0) is 35.1 Å². The van der Waals surface area contributed by atoms with E-state index in [0.717, 1.165) is 22.3 Å². The Hall–Kier alpha value is -4.14. The summed E-state index contributed by atoms with van der Waals surface area (Å²) in [5.74, 6) is -1.72. The summed E-state index contributed by atoms with van der Waals surface area (Å²) in [5.41, 5.74) is 4.70. The van der Waals surface area contributed by atoms with Gasteiger partial charge < -0.3 is 14.7 Å². The van der Waals surface area contributed by atoms with E-state index in [9.17, 15) is 19.5 Å². The van der Waals surface area contributed by atoms with Gasteiger partial charge in [0.05, 0.1) is 5.92 Å². The fourth-order valence-electron chi connectivity index (χ4n) is 4.77. The number of amides is 2. The monoisotopic (exact) mass is 460 g/mol. The lowest BCUT2D eigenvalue weighted by Crippen LogP contribution is -2.42. The number of aromatic nitrogens is 2. The molecule has 1 aromatic heterocycles. The van der Waals surface area contributed by atoms with E-state index in [1.807, 2.05) is 36.4 Å². The van der Waals surface area contributed by atoms with E-state index in [1.165, 1.54) is 11.0 Å². The molecule has 2 heterocycles. The number of hydrogen-bond acceptors (Lipinski definition) is 5. The van der Waals surface area contributed by atoms with Crippen LogP contribution in [0.2, 0.25) is 0 Å². The minimum absolute atomic E-state index is 0.0595. The lowest BCUT2D eigenvalue weighted by molar-refractivity contribution is -0.143. The Bertz CT molecular complexity index is 1210. The Kier molecular flexibility index (Phi) is 5.75. The molecule has 9 nitrogen and oxygen atoms in total. The number of H-pyrrole nitrogens is 1. The number of aliphatic carboxylic acids is 1. The molecular weight excluding hydrogens is 436 g/mol. The number of carbonyl (C=O) groups excluding carboxylic acids is 2. The number of hydrogen-bond donors (Lipinski definition) is 3. The van der Waals surface area contributed by atoms with Crippen LogP contribution < -0.4 is 5.32 Å².